The lowest BCUT2D eigenvalue weighted by Crippen LogP contribution is -2.42. The lowest BCUT2D eigenvalue weighted by Gasteiger charge is -2.21. The molecular weight excluding hydrogens is 499 g/mol. The topological polar surface area (TPSA) is 113 Å². The van der Waals surface area contributed by atoms with E-state index < -0.39 is 34.0 Å². The van der Waals surface area contributed by atoms with E-state index in [1.54, 1.807) is 0 Å². The minimum atomic E-state index is -5.86. The predicted octanol–water partition coefficient (Wildman–Crippen LogP) is 3.03. The number of hydrogen-bond acceptors (Lipinski definition) is 7. The lowest BCUT2D eigenvalue weighted by molar-refractivity contribution is -0.286. The maximum atomic E-state index is 13.7. The Labute approximate surface area is 193 Å². The molecule has 0 radical (unpaired) electrons. The van der Waals surface area contributed by atoms with Crippen LogP contribution in [0, 0.1) is 0 Å². The molecule has 0 fully saturated rings. The molecular formula is C20H15F5N6O3S. The van der Waals surface area contributed by atoms with Crippen molar-refractivity contribution in [3.05, 3.63) is 59.3 Å². The quantitative estimate of drug-likeness (QED) is 0.364. The van der Waals surface area contributed by atoms with Crippen LogP contribution in [0.15, 0.2) is 58.6 Å². The standard InChI is InChI=1S/C20H15F5N6O3S/c1-2-35(33,34)15-4-5-16(31-8-7-27-29-31)28-18(15)13-9-12-3-6-17(32)30(14(12)10-26-13)11-19(21,22)20(23,24)25/h3-10H,2,11H2,1H3. The number of hydrogen-bond donors (Lipinski definition) is 0. The van der Waals surface area contributed by atoms with Gasteiger partial charge in [0.25, 0.3) is 5.56 Å². The first kappa shape index (κ1) is 24.4. The molecule has 0 N–H and O–H groups in total. The number of fused-ring (bicyclic) bond motifs is 1. The van der Waals surface area contributed by atoms with Crippen LogP contribution in [0.25, 0.3) is 28.1 Å². The average molecular weight is 514 g/mol. The van der Waals surface area contributed by atoms with Gasteiger partial charge < -0.3 is 4.57 Å². The zero-order valence-electron chi connectivity index (χ0n) is 17.7. The molecule has 0 aromatic carbocycles. The number of rotatable bonds is 6. The summed E-state index contributed by atoms with van der Waals surface area (Å²) >= 11 is 0. The van der Waals surface area contributed by atoms with E-state index in [2.05, 4.69) is 20.3 Å². The van der Waals surface area contributed by atoms with Crippen molar-refractivity contribution in [3.8, 4) is 17.2 Å². The normalized spacial score (nSPS) is 12.9. The summed E-state index contributed by atoms with van der Waals surface area (Å²) in [5.74, 6) is -5.23. The van der Waals surface area contributed by atoms with Gasteiger partial charge in [-0.15, -0.1) is 5.10 Å². The van der Waals surface area contributed by atoms with Gasteiger partial charge in [-0.1, -0.05) is 12.1 Å². The second-order valence-corrected chi connectivity index (χ2v) is 9.60. The van der Waals surface area contributed by atoms with Crippen LogP contribution in [0.3, 0.4) is 0 Å². The molecule has 0 saturated heterocycles. The average Bonchev–Trinajstić information content (AvgIpc) is 3.34. The molecule has 35 heavy (non-hydrogen) atoms. The van der Waals surface area contributed by atoms with E-state index in [0.717, 1.165) is 12.3 Å². The molecule has 0 atom stereocenters. The largest absolute Gasteiger partial charge is 0.455 e. The van der Waals surface area contributed by atoms with Crippen molar-refractivity contribution in [2.45, 2.75) is 30.5 Å². The number of aromatic nitrogens is 6. The van der Waals surface area contributed by atoms with Crippen LogP contribution < -0.4 is 5.56 Å². The molecule has 9 nitrogen and oxygen atoms in total. The van der Waals surface area contributed by atoms with Crippen LogP contribution in [0.1, 0.15) is 6.92 Å². The van der Waals surface area contributed by atoms with Crippen LogP contribution in [-0.4, -0.2) is 55.8 Å². The second kappa shape index (κ2) is 8.48. The molecule has 0 aliphatic rings. The molecule has 184 valence electrons. The Morgan fingerprint density at radius 1 is 1.06 bits per heavy atom. The highest BCUT2D eigenvalue weighted by molar-refractivity contribution is 7.91. The summed E-state index contributed by atoms with van der Waals surface area (Å²) in [5, 5.41) is 7.52. The number of alkyl halides is 5. The van der Waals surface area contributed by atoms with Gasteiger partial charge in [-0.3, -0.25) is 9.78 Å². The van der Waals surface area contributed by atoms with Gasteiger partial charge in [0, 0.05) is 11.5 Å². The molecule has 0 bridgehead atoms. The van der Waals surface area contributed by atoms with Crippen molar-refractivity contribution in [1.82, 2.24) is 29.5 Å². The molecule has 0 amide bonds. The summed E-state index contributed by atoms with van der Waals surface area (Å²) in [4.78, 5) is 20.3. The van der Waals surface area contributed by atoms with Gasteiger partial charge in [-0.05, 0) is 24.3 Å². The molecule has 0 saturated carbocycles. The van der Waals surface area contributed by atoms with E-state index in [4.69, 9.17) is 0 Å². The van der Waals surface area contributed by atoms with E-state index >= 15 is 0 Å². The zero-order valence-corrected chi connectivity index (χ0v) is 18.6. The number of nitrogens with zero attached hydrogens (tertiary/aromatic N) is 6. The van der Waals surface area contributed by atoms with Crippen molar-refractivity contribution >= 4 is 20.7 Å². The smallest absolute Gasteiger partial charge is 0.300 e. The Kier molecular flexibility index (Phi) is 5.91. The highest BCUT2D eigenvalue weighted by Gasteiger charge is 2.57. The van der Waals surface area contributed by atoms with Crippen molar-refractivity contribution in [2.75, 3.05) is 5.75 Å². The van der Waals surface area contributed by atoms with E-state index in [1.807, 2.05) is 0 Å². The first-order valence-corrected chi connectivity index (χ1v) is 11.5. The van der Waals surface area contributed by atoms with E-state index in [9.17, 15) is 35.2 Å². The molecule has 0 aliphatic carbocycles. The number of sulfone groups is 1. The van der Waals surface area contributed by atoms with Crippen molar-refractivity contribution < 1.29 is 30.4 Å². The van der Waals surface area contributed by atoms with E-state index in [1.165, 1.54) is 48.3 Å². The minimum absolute atomic E-state index is 0.0146. The molecule has 0 unspecified atom stereocenters. The van der Waals surface area contributed by atoms with Gasteiger partial charge in [0.15, 0.2) is 15.7 Å². The lowest BCUT2D eigenvalue weighted by atomic mass is 10.1. The summed E-state index contributed by atoms with van der Waals surface area (Å²) in [6.07, 6.45) is -2.10. The summed E-state index contributed by atoms with van der Waals surface area (Å²) in [6, 6.07) is 5.99. The fourth-order valence-corrected chi connectivity index (χ4v) is 4.29. The van der Waals surface area contributed by atoms with Crippen LogP contribution in [-0.2, 0) is 16.4 Å². The highest BCUT2D eigenvalue weighted by Crippen LogP contribution is 2.37. The van der Waals surface area contributed by atoms with Gasteiger partial charge in [-0.2, -0.15) is 22.0 Å². The third kappa shape index (κ3) is 4.50. The second-order valence-electron chi connectivity index (χ2n) is 7.36. The number of pyridine rings is 3. The fourth-order valence-electron chi connectivity index (χ4n) is 3.26. The van der Waals surface area contributed by atoms with Gasteiger partial charge >= 0.3 is 12.1 Å². The van der Waals surface area contributed by atoms with Gasteiger partial charge in [0.05, 0.1) is 47.0 Å². The highest BCUT2D eigenvalue weighted by atomic mass is 32.2. The minimum Gasteiger partial charge on any atom is -0.300 e. The first-order valence-electron chi connectivity index (χ1n) is 9.89. The van der Waals surface area contributed by atoms with Gasteiger partial charge in [0.2, 0.25) is 0 Å². The molecule has 4 aromatic rings. The Hall–Kier alpha value is -3.75. The van der Waals surface area contributed by atoms with Crippen LogP contribution in [0.2, 0.25) is 0 Å². The predicted molar refractivity (Wildman–Crippen MR) is 113 cm³/mol. The SMILES string of the molecule is CCS(=O)(=O)c1ccc(-n2ccnn2)nc1-c1cc2ccc(=O)n(CC(F)(F)C(F)(F)F)c2cn1. The summed E-state index contributed by atoms with van der Waals surface area (Å²) < 4.78 is 92.4. The molecule has 4 heterocycles. The fraction of sp³-hybridized carbons (Fsp3) is 0.250. The van der Waals surface area contributed by atoms with Crippen molar-refractivity contribution in [3.63, 3.8) is 0 Å². The molecule has 15 heteroatoms. The van der Waals surface area contributed by atoms with Crippen molar-refractivity contribution in [2.24, 2.45) is 0 Å². The Bertz CT molecular complexity index is 1570. The number of halogens is 5. The molecule has 0 spiro atoms. The molecule has 4 aromatic heterocycles. The summed E-state index contributed by atoms with van der Waals surface area (Å²) in [6.45, 7) is -0.513. The van der Waals surface area contributed by atoms with E-state index in [-0.39, 0.29) is 43.3 Å². The first-order chi connectivity index (χ1) is 16.3. The monoisotopic (exact) mass is 514 g/mol. The molecule has 4 rings (SSSR count). The third-order valence-corrected chi connectivity index (χ3v) is 6.87. The van der Waals surface area contributed by atoms with Crippen molar-refractivity contribution in [1.29, 1.82) is 0 Å². The van der Waals surface area contributed by atoms with Gasteiger partial charge in [-0.25, -0.2) is 18.1 Å². The van der Waals surface area contributed by atoms with Gasteiger partial charge in [0.1, 0.15) is 5.69 Å². The zero-order chi connectivity index (χ0) is 25.6. The summed E-state index contributed by atoms with van der Waals surface area (Å²) in [7, 11) is -3.80. The maximum absolute atomic E-state index is 13.7. The Balaban J connectivity index is 1.91. The maximum Gasteiger partial charge on any atom is 0.455 e. The summed E-state index contributed by atoms with van der Waals surface area (Å²) in [5.41, 5.74) is -1.49. The Morgan fingerprint density at radius 2 is 1.80 bits per heavy atom. The molecule has 0 aliphatic heterocycles. The third-order valence-electron chi connectivity index (χ3n) is 5.11. The Morgan fingerprint density at radius 3 is 2.43 bits per heavy atom. The van der Waals surface area contributed by atoms with Crippen LogP contribution >= 0.6 is 0 Å². The van der Waals surface area contributed by atoms with Crippen LogP contribution in [0.5, 0.6) is 0 Å². The van der Waals surface area contributed by atoms with E-state index in [0.29, 0.717) is 0 Å². The van der Waals surface area contributed by atoms with Crippen LogP contribution in [0.4, 0.5) is 22.0 Å².